The molecule has 0 aromatic heterocycles. The predicted octanol–water partition coefficient (Wildman–Crippen LogP) is 0.245. The fourth-order valence-electron chi connectivity index (χ4n) is 1.19. The van der Waals surface area contributed by atoms with Crippen molar-refractivity contribution in [1.29, 1.82) is 0 Å². The molecule has 1 unspecified atom stereocenters. The molecule has 0 bridgehead atoms. The highest BCUT2D eigenvalue weighted by Gasteiger charge is 2.32. The van der Waals surface area contributed by atoms with Crippen LogP contribution in [0.15, 0.2) is 0 Å². The molecule has 6 heteroatoms. The minimum atomic E-state index is -0.276. The first-order valence-corrected chi connectivity index (χ1v) is 4.79. The molecule has 1 saturated carbocycles. The number of nitrogens with zero attached hydrogens (tertiary/aromatic N) is 1. The van der Waals surface area contributed by atoms with Gasteiger partial charge in [0.2, 0.25) is 5.91 Å². The Morgan fingerprint density at radius 1 is 1.47 bits per heavy atom. The maximum Gasteiger partial charge on any atom is 0.237 e. The molecule has 1 aliphatic rings. The molecule has 1 atom stereocenters. The largest absolute Gasteiger partial charge is 0.353 e. The summed E-state index contributed by atoms with van der Waals surface area (Å²) in [7, 11) is 3.96. The standard InChI is InChI=1S/C9H19N3O.2ClH/c1-12(2)6-5-11-9(13)8(10)7-3-4-7;;/h7-8H,3-6,10H2,1-2H3,(H,11,13);2*1H. The van der Waals surface area contributed by atoms with Crippen molar-refractivity contribution in [3.05, 3.63) is 0 Å². The van der Waals surface area contributed by atoms with Crippen molar-refractivity contribution in [2.45, 2.75) is 18.9 Å². The topological polar surface area (TPSA) is 58.4 Å². The van der Waals surface area contributed by atoms with Crippen LogP contribution in [0.3, 0.4) is 0 Å². The molecule has 1 rings (SSSR count). The molecule has 0 aliphatic heterocycles. The Balaban J connectivity index is 0. The van der Waals surface area contributed by atoms with Gasteiger partial charge in [-0.15, -0.1) is 24.8 Å². The van der Waals surface area contributed by atoms with Gasteiger partial charge in [-0.3, -0.25) is 4.79 Å². The lowest BCUT2D eigenvalue weighted by atomic mass is 10.2. The van der Waals surface area contributed by atoms with Crippen LogP contribution in [0.1, 0.15) is 12.8 Å². The highest BCUT2D eigenvalue weighted by Crippen LogP contribution is 2.31. The van der Waals surface area contributed by atoms with Crippen molar-refractivity contribution in [3.8, 4) is 0 Å². The van der Waals surface area contributed by atoms with Crippen LogP contribution in [0.5, 0.6) is 0 Å². The summed E-state index contributed by atoms with van der Waals surface area (Å²) in [6.07, 6.45) is 2.23. The van der Waals surface area contributed by atoms with E-state index in [1.807, 2.05) is 19.0 Å². The minimum Gasteiger partial charge on any atom is -0.353 e. The lowest BCUT2D eigenvalue weighted by Crippen LogP contribution is -2.44. The van der Waals surface area contributed by atoms with Gasteiger partial charge in [0.25, 0.3) is 0 Å². The van der Waals surface area contributed by atoms with E-state index in [4.69, 9.17) is 5.73 Å². The van der Waals surface area contributed by atoms with Gasteiger partial charge in [-0.05, 0) is 32.9 Å². The van der Waals surface area contributed by atoms with Crippen molar-refractivity contribution in [2.75, 3.05) is 27.2 Å². The normalized spacial score (nSPS) is 16.3. The molecule has 92 valence electrons. The van der Waals surface area contributed by atoms with Gasteiger partial charge in [0.05, 0.1) is 6.04 Å². The van der Waals surface area contributed by atoms with Crippen molar-refractivity contribution < 1.29 is 4.79 Å². The molecular formula is C9H21Cl2N3O. The van der Waals surface area contributed by atoms with Gasteiger partial charge >= 0.3 is 0 Å². The SMILES string of the molecule is CN(C)CCNC(=O)C(N)C1CC1.Cl.Cl. The number of amides is 1. The highest BCUT2D eigenvalue weighted by molar-refractivity contribution is 5.85. The Bertz CT molecular complexity index is 186. The number of hydrogen-bond donors (Lipinski definition) is 2. The summed E-state index contributed by atoms with van der Waals surface area (Å²) >= 11 is 0. The van der Waals surface area contributed by atoms with Gasteiger partial charge in [0, 0.05) is 13.1 Å². The van der Waals surface area contributed by atoms with Crippen LogP contribution in [-0.4, -0.2) is 44.0 Å². The molecule has 1 aliphatic carbocycles. The average molecular weight is 258 g/mol. The molecule has 3 N–H and O–H groups in total. The lowest BCUT2D eigenvalue weighted by molar-refractivity contribution is -0.122. The van der Waals surface area contributed by atoms with Gasteiger partial charge in [-0.2, -0.15) is 0 Å². The maximum absolute atomic E-state index is 11.4. The molecule has 1 fully saturated rings. The van der Waals surface area contributed by atoms with E-state index in [9.17, 15) is 4.79 Å². The number of hydrogen-bond acceptors (Lipinski definition) is 3. The van der Waals surface area contributed by atoms with Crippen LogP contribution in [-0.2, 0) is 4.79 Å². The number of nitrogens with two attached hydrogens (primary N) is 1. The molecular weight excluding hydrogens is 237 g/mol. The molecule has 0 heterocycles. The van der Waals surface area contributed by atoms with Gasteiger partial charge in [-0.1, -0.05) is 0 Å². The Labute approximate surface area is 104 Å². The fourth-order valence-corrected chi connectivity index (χ4v) is 1.19. The number of halogens is 2. The number of rotatable bonds is 5. The molecule has 0 saturated heterocycles. The zero-order chi connectivity index (χ0) is 9.84. The van der Waals surface area contributed by atoms with Crippen molar-refractivity contribution in [2.24, 2.45) is 11.7 Å². The number of carbonyl (C=O) groups is 1. The summed E-state index contributed by atoms with van der Waals surface area (Å²) in [6, 6.07) is -0.276. The fraction of sp³-hybridized carbons (Fsp3) is 0.889. The molecule has 1 amide bonds. The van der Waals surface area contributed by atoms with Gasteiger partial charge < -0.3 is 16.0 Å². The van der Waals surface area contributed by atoms with E-state index in [1.54, 1.807) is 0 Å². The zero-order valence-electron chi connectivity index (χ0n) is 9.23. The lowest BCUT2D eigenvalue weighted by Gasteiger charge is -2.13. The minimum absolute atomic E-state index is 0. The molecule has 4 nitrogen and oxygen atoms in total. The Morgan fingerprint density at radius 2 is 2.00 bits per heavy atom. The van der Waals surface area contributed by atoms with E-state index in [-0.39, 0.29) is 36.8 Å². The van der Waals surface area contributed by atoms with Crippen LogP contribution in [0, 0.1) is 5.92 Å². The quantitative estimate of drug-likeness (QED) is 0.743. The van der Waals surface area contributed by atoms with Crippen LogP contribution < -0.4 is 11.1 Å². The Kier molecular flexibility index (Phi) is 9.45. The summed E-state index contributed by atoms with van der Waals surface area (Å²) in [4.78, 5) is 13.4. The van der Waals surface area contributed by atoms with Crippen LogP contribution in [0.2, 0.25) is 0 Å². The third kappa shape index (κ3) is 6.95. The summed E-state index contributed by atoms with van der Waals surface area (Å²) in [6.45, 7) is 1.55. The summed E-state index contributed by atoms with van der Waals surface area (Å²) in [5, 5.41) is 2.83. The van der Waals surface area contributed by atoms with Crippen molar-refractivity contribution in [3.63, 3.8) is 0 Å². The number of carbonyl (C=O) groups excluding carboxylic acids is 1. The van der Waals surface area contributed by atoms with E-state index in [0.29, 0.717) is 12.5 Å². The Morgan fingerprint density at radius 3 is 2.40 bits per heavy atom. The molecule has 15 heavy (non-hydrogen) atoms. The smallest absolute Gasteiger partial charge is 0.237 e. The number of nitrogens with one attached hydrogen (secondary N) is 1. The average Bonchev–Trinajstić information content (AvgIpc) is 2.84. The second kappa shape index (κ2) is 8.16. The molecule has 0 radical (unpaired) electrons. The van der Waals surface area contributed by atoms with E-state index in [0.717, 1.165) is 19.4 Å². The monoisotopic (exact) mass is 257 g/mol. The third-order valence-electron chi connectivity index (χ3n) is 2.29. The van der Waals surface area contributed by atoms with E-state index in [1.165, 1.54) is 0 Å². The molecule has 0 aromatic carbocycles. The van der Waals surface area contributed by atoms with Crippen LogP contribution in [0.25, 0.3) is 0 Å². The molecule has 0 aromatic rings. The maximum atomic E-state index is 11.4. The third-order valence-corrected chi connectivity index (χ3v) is 2.29. The van der Waals surface area contributed by atoms with Crippen LogP contribution >= 0.6 is 24.8 Å². The van der Waals surface area contributed by atoms with E-state index >= 15 is 0 Å². The highest BCUT2D eigenvalue weighted by atomic mass is 35.5. The summed E-state index contributed by atoms with van der Waals surface area (Å²) < 4.78 is 0. The van der Waals surface area contributed by atoms with Gasteiger partial charge in [0.1, 0.15) is 0 Å². The molecule has 0 spiro atoms. The first-order chi connectivity index (χ1) is 6.11. The summed E-state index contributed by atoms with van der Waals surface area (Å²) in [5.41, 5.74) is 5.71. The van der Waals surface area contributed by atoms with Crippen molar-refractivity contribution in [1.82, 2.24) is 10.2 Å². The first kappa shape index (κ1) is 17.4. The van der Waals surface area contributed by atoms with E-state index < -0.39 is 0 Å². The Hall–Kier alpha value is -0.0300. The second-order valence-corrected chi connectivity index (χ2v) is 3.96. The van der Waals surface area contributed by atoms with Gasteiger partial charge in [-0.25, -0.2) is 0 Å². The zero-order valence-corrected chi connectivity index (χ0v) is 10.9. The van der Waals surface area contributed by atoms with Crippen LogP contribution in [0.4, 0.5) is 0 Å². The second-order valence-electron chi connectivity index (χ2n) is 3.96. The van der Waals surface area contributed by atoms with Crippen molar-refractivity contribution >= 4 is 30.7 Å². The predicted molar refractivity (Wildman–Crippen MR) is 66.8 cm³/mol. The summed E-state index contributed by atoms with van der Waals surface area (Å²) in [5.74, 6) is 0.448. The van der Waals surface area contributed by atoms with Gasteiger partial charge in [0.15, 0.2) is 0 Å². The van der Waals surface area contributed by atoms with E-state index in [2.05, 4.69) is 5.32 Å². The number of likely N-dealkylation sites (N-methyl/N-ethyl adjacent to an activating group) is 1. The first-order valence-electron chi connectivity index (χ1n) is 4.79.